The van der Waals surface area contributed by atoms with E-state index >= 15 is 0 Å². The molecule has 0 aliphatic rings. The maximum atomic E-state index is 14.7. The Hall–Kier alpha value is -3.62. The van der Waals surface area contributed by atoms with Gasteiger partial charge in [-0.3, -0.25) is 4.98 Å². The molecular weight excluding hydrogens is 411 g/mol. The third kappa shape index (κ3) is 4.99. The van der Waals surface area contributed by atoms with Gasteiger partial charge in [-0.1, -0.05) is 30.0 Å². The number of rotatable bonds is 5. The SMILES string of the molecule is COCCCc1ccc(-c2cc(F)c(C#Cc3ccc4cc(F)ccc4c3)c(F)c2)nc1. The van der Waals surface area contributed by atoms with E-state index in [1.807, 2.05) is 6.07 Å². The summed E-state index contributed by atoms with van der Waals surface area (Å²) in [6, 6.07) is 15.7. The second kappa shape index (κ2) is 9.67. The largest absolute Gasteiger partial charge is 0.385 e. The number of aryl methyl sites for hydroxylation is 1. The van der Waals surface area contributed by atoms with Crippen LogP contribution in [0.4, 0.5) is 13.2 Å². The lowest BCUT2D eigenvalue weighted by atomic mass is 10.0. The van der Waals surface area contributed by atoms with Crippen LogP contribution in [-0.4, -0.2) is 18.7 Å². The first kappa shape index (κ1) is 21.6. The molecule has 1 heterocycles. The van der Waals surface area contributed by atoms with E-state index in [9.17, 15) is 13.2 Å². The number of aromatic nitrogens is 1. The lowest BCUT2D eigenvalue weighted by Gasteiger charge is -2.06. The Kier molecular flexibility index (Phi) is 6.53. The number of ether oxygens (including phenoxy) is 1. The Labute approximate surface area is 184 Å². The maximum Gasteiger partial charge on any atom is 0.142 e. The first-order chi connectivity index (χ1) is 15.5. The summed E-state index contributed by atoms with van der Waals surface area (Å²) >= 11 is 0. The average molecular weight is 431 g/mol. The molecule has 0 aliphatic heterocycles. The van der Waals surface area contributed by atoms with Crippen LogP contribution in [0.25, 0.3) is 22.0 Å². The summed E-state index contributed by atoms with van der Waals surface area (Å²) in [5, 5.41) is 1.53. The third-order valence-electron chi connectivity index (χ3n) is 5.11. The van der Waals surface area contributed by atoms with Crippen molar-refractivity contribution in [3.63, 3.8) is 0 Å². The van der Waals surface area contributed by atoms with Crippen molar-refractivity contribution in [1.82, 2.24) is 4.98 Å². The van der Waals surface area contributed by atoms with Crippen LogP contribution in [-0.2, 0) is 11.2 Å². The molecule has 5 heteroatoms. The molecule has 0 amide bonds. The van der Waals surface area contributed by atoms with Crippen molar-refractivity contribution in [2.75, 3.05) is 13.7 Å². The van der Waals surface area contributed by atoms with Gasteiger partial charge in [-0.25, -0.2) is 13.2 Å². The van der Waals surface area contributed by atoms with Crippen LogP contribution < -0.4 is 0 Å². The van der Waals surface area contributed by atoms with E-state index in [4.69, 9.17) is 4.74 Å². The van der Waals surface area contributed by atoms with Gasteiger partial charge in [0, 0.05) is 31.0 Å². The minimum absolute atomic E-state index is 0.302. The van der Waals surface area contributed by atoms with Crippen LogP contribution in [0.3, 0.4) is 0 Å². The quantitative estimate of drug-likeness (QED) is 0.273. The Morgan fingerprint density at radius 2 is 1.59 bits per heavy atom. The summed E-state index contributed by atoms with van der Waals surface area (Å²) in [5.41, 5.74) is 2.15. The van der Waals surface area contributed by atoms with Crippen molar-refractivity contribution in [1.29, 1.82) is 0 Å². The fraction of sp³-hybridized carbons (Fsp3) is 0.148. The summed E-state index contributed by atoms with van der Waals surface area (Å²) in [6.07, 6.45) is 3.41. The van der Waals surface area contributed by atoms with Gasteiger partial charge >= 0.3 is 0 Å². The molecule has 2 nitrogen and oxygen atoms in total. The van der Waals surface area contributed by atoms with Crippen LogP contribution in [0.2, 0.25) is 0 Å². The third-order valence-corrected chi connectivity index (χ3v) is 5.11. The van der Waals surface area contributed by atoms with E-state index in [1.165, 1.54) is 24.3 Å². The molecular formula is C27H20F3NO. The fourth-order valence-electron chi connectivity index (χ4n) is 3.43. The summed E-state index contributed by atoms with van der Waals surface area (Å²) < 4.78 is 47.7. The number of hydrogen-bond acceptors (Lipinski definition) is 2. The molecule has 1 aromatic heterocycles. The van der Waals surface area contributed by atoms with Crippen molar-refractivity contribution < 1.29 is 17.9 Å². The molecule has 0 aliphatic carbocycles. The average Bonchev–Trinajstić information content (AvgIpc) is 2.79. The second-order valence-electron chi connectivity index (χ2n) is 7.42. The Morgan fingerprint density at radius 3 is 2.31 bits per heavy atom. The van der Waals surface area contributed by atoms with E-state index in [1.54, 1.807) is 43.6 Å². The molecule has 0 N–H and O–H groups in total. The van der Waals surface area contributed by atoms with Gasteiger partial charge in [-0.2, -0.15) is 0 Å². The standard InChI is InChI=1S/C27H20F3NO/c1-32-12-2-3-19-6-11-27(31-17-19)22-15-25(29)24(26(30)16-22)10-5-18-4-7-21-14-23(28)9-8-20(21)13-18/h4,6-9,11,13-17H,2-3,12H2,1H3. The van der Waals surface area contributed by atoms with Gasteiger partial charge < -0.3 is 4.74 Å². The minimum atomic E-state index is -0.749. The second-order valence-corrected chi connectivity index (χ2v) is 7.42. The van der Waals surface area contributed by atoms with E-state index in [0.717, 1.165) is 29.2 Å². The highest BCUT2D eigenvalue weighted by Gasteiger charge is 2.11. The van der Waals surface area contributed by atoms with E-state index in [0.29, 0.717) is 23.4 Å². The number of methoxy groups -OCH3 is 1. The molecule has 0 unspecified atom stereocenters. The molecule has 0 radical (unpaired) electrons. The number of halogens is 3. The van der Waals surface area contributed by atoms with Crippen molar-refractivity contribution in [2.45, 2.75) is 12.8 Å². The monoisotopic (exact) mass is 431 g/mol. The first-order valence-corrected chi connectivity index (χ1v) is 10.2. The first-order valence-electron chi connectivity index (χ1n) is 10.2. The highest BCUT2D eigenvalue weighted by Crippen LogP contribution is 2.23. The lowest BCUT2D eigenvalue weighted by molar-refractivity contribution is 0.195. The molecule has 0 saturated heterocycles. The highest BCUT2D eigenvalue weighted by molar-refractivity contribution is 5.84. The van der Waals surface area contributed by atoms with Gasteiger partial charge in [0.05, 0.1) is 11.3 Å². The van der Waals surface area contributed by atoms with Crippen LogP contribution in [0.15, 0.2) is 66.9 Å². The number of hydrogen-bond donors (Lipinski definition) is 0. The van der Waals surface area contributed by atoms with Crippen molar-refractivity contribution in [2.24, 2.45) is 0 Å². The fourth-order valence-corrected chi connectivity index (χ4v) is 3.43. The Morgan fingerprint density at radius 1 is 0.844 bits per heavy atom. The Bertz CT molecular complexity index is 1300. The minimum Gasteiger partial charge on any atom is -0.385 e. The van der Waals surface area contributed by atoms with E-state index in [-0.39, 0.29) is 11.4 Å². The summed E-state index contributed by atoms with van der Waals surface area (Å²) in [4.78, 5) is 4.33. The van der Waals surface area contributed by atoms with Gasteiger partial charge in [0.25, 0.3) is 0 Å². The molecule has 0 atom stereocenters. The number of benzene rings is 3. The van der Waals surface area contributed by atoms with Gasteiger partial charge in [0.1, 0.15) is 17.5 Å². The maximum absolute atomic E-state index is 14.7. The number of fused-ring (bicyclic) bond motifs is 1. The van der Waals surface area contributed by atoms with Crippen LogP contribution in [0.1, 0.15) is 23.1 Å². The van der Waals surface area contributed by atoms with E-state index < -0.39 is 11.6 Å². The van der Waals surface area contributed by atoms with Gasteiger partial charge in [-0.05, 0) is 71.6 Å². The molecule has 0 saturated carbocycles. The molecule has 0 spiro atoms. The van der Waals surface area contributed by atoms with Gasteiger partial charge in [-0.15, -0.1) is 0 Å². The van der Waals surface area contributed by atoms with Crippen LogP contribution >= 0.6 is 0 Å². The molecule has 3 aromatic carbocycles. The number of pyridine rings is 1. The van der Waals surface area contributed by atoms with Crippen LogP contribution in [0, 0.1) is 29.3 Å². The molecule has 160 valence electrons. The van der Waals surface area contributed by atoms with Crippen molar-refractivity contribution in [3.05, 3.63) is 101 Å². The molecule has 0 bridgehead atoms. The number of nitrogens with zero attached hydrogens (tertiary/aromatic N) is 1. The zero-order valence-corrected chi connectivity index (χ0v) is 17.5. The van der Waals surface area contributed by atoms with Crippen molar-refractivity contribution in [3.8, 4) is 23.1 Å². The lowest BCUT2D eigenvalue weighted by Crippen LogP contribution is -1.96. The topological polar surface area (TPSA) is 22.1 Å². The molecule has 4 aromatic rings. The predicted octanol–water partition coefficient (Wildman–Crippen LogP) is 6.30. The predicted molar refractivity (Wildman–Crippen MR) is 120 cm³/mol. The van der Waals surface area contributed by atoms with E-state index in [2.05, 4.69) is 16.8 Å². The molecule has 32 heavy (non-hydrogen) atoms. The van der Waals surface area contributed by atoms with Gasteiger partial charge in [0.15, 0.2) is 0 Å². The smallest absolute Gasteiger partial charge is 0.142 e. The Balaban J connectivity index is 1.57. The summed E-state index contributed by atoms with van der Waals surface area (Å²) in [6.45, 7) is 0.665. The van der Waals surface area contributed by atoms with Crippen LogP contribution in [0.5, 0.6) is 0 Å². The zero-order chi connectivity index (χ0) is 22.5. The zero-order valence-electron chi connectivity index (χ0n) is 17.5. The highest BCUT2D eigenvalue weighted by atomic mass is 19.1. The van der Waals surface area contributed by atoms with Crippen molar-refractivity contribution >= 4 is 10.8 Å². The molecule has 0 fully saturated rings. The normalized spacial score (nSPS) is 10.8. The summed E-state index contributed by atoms with van der Waals surface area (Å²) in [5.74, 6) is 3.55. The summed E-state index contributed by atoms with van der Waals surface area (Å²) in [7, 11) is 1.66. The molecule has 4 rings (SSSR count). The van der Waals surface area contributed by atoms with Gasteiger partial charge in [0.2, 0.25) is 0 Å².